The van der Waals surface area contributed by atoms with Gasteiger partial charge in [-0.2, -0.15) is 0 Å². The lowest BCUT2D eigenvalue weighted by Crippen LogP contribution is -2.37. The van der Waals surface area contributed by atoms with E-state index in [0.29, 0.717) is 12.5 Å². The number of hydrogen-bond acceptors (Lipinski definition) is 2. The van der Waals surface area contributed by atoms with Crippen molar-refractivity contribution in [3.8, 4) is 0 Å². The van der Waals surface area contributed by atoms with Crippen LogP contribution < -0.4 is 4.90 Å². The minimum Gasteiger partial charge on any atom is -0.481 e. The van der Waals surface area contributed by atoms with Crippen molar-refractivity contribution in [1.29, 1.82) is 0 Å². The molecular formula is C16H25NO2. The van der Waals surface area contributed by atoms with E-state index >= 15 is 0 Å². The standard InChI is InChI=1S/C16H25NO2/c1-12(2)10-13-6-8-14(9-7-13)17(5)11-16(3,4)15(18)19/h6-9,12H,10-11H2,1-5H3,(H,18,19). The van der Waals surface area contributed by atoms with E-state index < -0.39 is 11.4 Å². The molecule has 0 amide bonds. The highest BCUT2D eigenvalue weighted by Crippen LogP contribution is 2.22. The number of rotatable bonds is 6. The number of hydrogen-bond donors (Lipinski definition) is 1. The number of aliphatic carboxylic acids is 1. The summed E-state index contributed by atoms with van der Waals surface area (Å²) >= 11 is 0. The molecule has 0 radical (unpaired) electrons. The van der Waals surface area contributed by atoms with Gasteiger partial charge in [-0.05, 0) is 43.9 Å². The van der Waals surface area contributed by atoms with Crippen molar-refractivity contribution in [3.05, 3.63) is 29.8 Å². The molecule has 0 aliphatic heterocycles. The quantitative estimate of drug-likeness (QED) is 0.854. The van der Waals surface area contributed by atoms with Crippen LogP contribution in [0, 0.1) is 11.3 Å². The van der Waals surface area contributed by atoms with Crippen LogP contribution in [-0.4, -0.2) is 24.7 Å². The smallest absolute Gasteiger partial charge is 0.310 e. The molecule has 3 nitrogen and oxygen atoms in total. The highest BCUT2D eigenvalue weighted by Gasteiger charge is 2.28. The van der Waals surface area contributed by atoms with Gasteiger partial charge in [0.25, 0.3) is 0 Å². The second kappa shape index (κ2) is 6.09. The summed E-state index contributed by atoms with van der Waals surface area (Å²) < 4.78 is 0. The van der Waals surface area contributed by atoms with Crippen LogP contribution in [0.15, 0.2) is 24.3 Å². The number of anilines is 1. The maximum atomic E-state index is 11.1. The number of carbonyl (C=O) groups is 1. The maximum Gasteiger partial charge on any atom is 0.310 e. The van der Waals surface area contributed by atoms with Crippen LogP contribution in [0.3, 0.4) is 0 Å². The van der Waals surface area contributed by atoms with E-state index in [-0.39, 0.29) is 0 Å². The van der Waals surface area contributed by atoms with Crippen molar-refractivity contribution in [3.63, 3.8) is 0 Å². The molecule has 0 saturated heterocycles. The Balaban J connectivity index is 2.73. The third-order valence-electron chi connectivity index (χ3n) is 3.23. The van der Waals surface area contributed by atoms with Gasteiger partial charge >= 0.3 is 5.97 Å². The zero-order valence-electron chi connectivity index (χ0n) is 12.6. The number of carboxylic acid groups (broad SMARTS) is 1. The van der Waals surface area contributed by atoms with Crippen LogP contribution in [0.1, 0.15) is 33.3 Å². The summed E-state index contributed by atoms with van der Waals surface area (Å²) in [7, 11) is 1.93. The summed E-state index contributed by atoms with van der Waals surface area (Å²) in [5.74, 6) is -0.120. The number of nitrogens with zero attached hydrogens (tertiary/aromatic N) is 1. The molecule has 0 fully saturated rings. The highest BCUT2D eigenvalue weighted by atomic mass is 16.4. The lowest BCUT2D eigenvalue weighted by Gasteiger charge is -2.28. The monoisotopic (exact) mass is 263 g/mol. The van der Waals surface area contributed by atoms with Gasteiger partial charge in [0, 0.05) is 19.3 Å². The Kier molecular flexibility index (Phi) is 4.98. The third-order valence-corrected chi connectivity index (χ3v) is 3.23. The first-order valence-electron chi connectivity index (χ1n) is 6.76. The molecule has 1 N–H and O–H groups in total. The molecule has 19 heavy (non-hydrogen) atoms. The van der Waals surface area contributed by atoms with Gasteiger partial charge in [0.2, 0.25) is 0 Å². The molecule has 0 heterocycles. The molecule has 106 valence electrons. The van der Waals surface area contributed by atoms with Crippen LogP contribution in [0.25, 0.3) is 0 Å². The van der Waals surface area contributed by atoms with Gasteiger partial charge in [-0.15, -0.1) is 0 Å². The van der Waals surface area contributed by atoms with Gasteiger partial charge < -0.3 is 10.0 Å². The van der Waals surface area contributed by atoms with Crippen molar-refractivity contribution >= 4 is 11.7 Å². The van der Waals surface area contributed by atoms with E-state index in [4.69, 9.17) is 5.11 Å². The average molecular weight is 263 g/mol. The predicted molar refractivity (Wildman–Crippen MR) is 79.7 cm³/mol. The largest absolute Gasteiger partial charge is 0.481 e. The average Bonchev–Trinajstić information content (AvgIpc) is 2.28. The lowest BCUT2D eigenvalue weighted by atomic mass is 9.93. The minimum absolute atomic E-state index is 0.492. The molecule has 0 aliphatic rings. The molecule has 1 aromatic carbocycles. The lowest BCUT2D eigenvalue weighted by molar-refractivity contribution is -0.146. The summed E-state index contributed by atoms with van der Waals surface area (Å²) in [5.41, 5.74) is 1.64. The zero-order valence-corrected chi connectivity index (χ0v) is 12.6. The molecular weight excluding hydrogens is 238 g/mol. The van der Waals surface area contributed by atoms with Crippen LogP contribution >= 0.6 is 0 Å². The first kappa shape index (κ1) is 15.5. The Hall–Kier alpha value is -1.51. The molecule has 0 aromatic heterocycles. The Bertz CT molecular complexity index is 421. The van der Waals surface area contributed by atoms with Crippen molar-refractivity contribution in [1.82, 2.24) is 0 Å². The van der Waals surface area contributed by atoms with Gasteiger partial charge in [-0.1, -0.05) is 26.0 Å². The van der Waals surface area contributed by atoms with Gasteiger partial charge in [-0.25, -0.2) is 0 Å². The molecule has 3 heteroatoms. The van der Waals surface area contributed by atoms with Crippen LogP contribution in [-0.2, 0) is 11.2 Å². The molecule has 0 unspecified atom stereocenters. The van der Waals surface area contributed by atoms with Crippen LogP contribution in [0.2, 0.25) is 0 Å². The molecule has 0 saturated carbocycles. The van der Waals surface area contributed by atoms with Crippen LogP contribution in [0.4, 0.5) is 5.69 Å². The Morgan fingerprint density at radius 3 is 2.21 bits per heavy atom. The normalized spacial score (nSPS) is 11.7. The van der Waals surface area contributed by atoms with Crippen molar-refractivity contribution in [2.24, 2.45) is 11.3 Å². The Morgan fingerprint density at radius 1 is 1.26 bits per heavy atom. The molecule has 1 rings (SSSR count). The maximum absolute atomic E-state index is 11.1. The second-order valence-corrected chi connectivity index (χ2v) is 6.31. The summed E-state index contributed by atoms with van der Waals surface area (Å²) in [6, 6.07) is 8.38. The third kappa shape index (κ3) is 4.58. The summed E-state index contributed by atoms with van der Waals surface area (Å²) in [6.07, 6.45) is 1.07. The molecule has 1 aromatic rings. The van der Waals surface area contributed by atoms with E-state index in [9.17, 15) is 4.79 Å². The van der Waals surface area contributed by atoms with E-state index in [1.54, 1.807) is 13.8 Å². The van der Waals surface area contributed by atoms with Gasteiger partial charge in [0.05, 0.1) is 5.41 Å². The van der Waals surface area contributed by atoms with E-state index in [0.717, 1.165) is 12.1 Å². The molecule has 0 bridgehead atoms. The summed E-state index contributed by atoms with van der Waals surface area (Å²) in [5, 5.41) is 9.15. The van der Waals surface area contributed by atoms with Gasteiger partial charge in [0.1, 0.15) is 0 Å². The Labute approximate surface area is 116 Å². The Morgan fingerprint density at radius 2 is 1.79 bits per heavy atom. The van der Waals surface area contributed by atoms with E-state index in [1.807, 2.05) is 11.9 Å². The van der Waals surface area contributed by atoms with Gasteiger partial charge in [-0.3, -0.25) is 4.79 Å². The van der Waals surface area contributed by atoms with Crippen molar-refractivity contribution in [2.45, 2.75) is 34.1 Å². The number of carboxylic acids is 1. The van der Waals surface area contributed by atoms with Crippen LogP contribution in [0.5, 0.6) is 0 Å². The van der Waals surface area contributed by atoms with Crippen molar-refractivity contribution in [2.75, 3.05) is 18.5 Å². The predicted octanol–water partition coefficient (Wildman–Crippen LogP) is 3.43. The first-order valence-corrected chi connectivity index (χ1v) is 6.76. The second-order valence-electron chi connectivity index (χ2n) is 6.31. The molecule has 0 atom stereocenters. The van der Waals surface area contributed by atoms with E-state index in [1.165, 1.54) is 5.56 Å². The molecule has 0 aliphatic carbocycles. The molecule has 0 spiro atoms. The summed E-state index contributed by atoms with van der Waals surface area (Å²) in [6.45, 7) is 8.40. The number of benzene rings is 1. The SMILES string of the molecule is CC(C)Cc1ccc(N(C)CC(C)(C)C(=O)O)cc1. The minimum atomic E-state index is -0.768. The summed E-state index contributed by atoms with van der Waals surface area (Å²) in [4.78, 5) is 13.1. The van der Waals surface area contributed by atoms with Gasteiger partial charge in [0.15, 0.2) is 0 Å². The fourth-order valence-electron chi connectivity index (χ4n) is 2.11. The topological polar surface area (TPSA) is 40.5 Å². The highest BCUT2D eigenvalue weighted by molar-refractivity contribution is 5.74. The van der Waals surface area contributed by atoms with E-state index in [2.05, 4.69) is 38.1 Å². The first-order chi connectivity index (χ1) is 8.72. The zero-order chi connectivity index (χ0) is 14.6. The van der Waals surface area contributed by atoms with Crippen molar-refractivity contribution < 1.29 is 9.90 Å². The fourth-order valence-corrected chi connectivity index (χ4v) is 2.11. The fraction of sp³-hybridized carbons (Fsp3) is 0.562.